The van der Waals surface area contributed by atoms with Gasteiger partial charge in [0.2, 0.25) is 5.89 Å². The number of hydrogen-bond acceptors (Lipinski definition) is 10. The van der Waals surface area contributed by atoms with Crippen molar-refractivity contribution in [1.82, 2.24) is 29.3 Å². The largest absolute Gasteiger partial charge is 0.436 e. The van der Waals surface area contributed by atoms with E-state index in [-0.39, 0.29) is 17.8 Å². The minimum absolute atomic E-state index is 0.184. The molecule has 0 amide bonds. The number of nitrogens with one attached hydrogen (secondary N) is 1. The van der Waals surface area contributed by atoms with Crippen molar-refractivity contribution in [2.24, 2.45) is 0 Å². The summed E-state index contributed by atoms with van der Waals surface area (Å²) in [5.74, 6) is 1.10. The summed E-state index contributed by atoms with van der Waals surface area (Å²) in [5.41, 5.74) is 8.39. The van der Waals surface area contributed by atoms with Crippen molar-refractivity contribution in [2.45, 2.75) is 45.6 Å². The fourth-order valence-electron chi connectivity index (χ4n) is 7.07. The second kappa shape index (κ2) is 12.8. The Labute approximate surface area is 283 Å². The maximum Gasteiger partial charge on any atom is 0.280 e. The third-order valence-corrected chi connectivity index (χ3v) is 9.87. The summed E-state index contributed by atoms with van der Waals surface area (Å²) in [4.78, 5) is 31.8. The molecule has 1 atom stereocenters. The zero-order valence-electron chi connectivity index (χ0n) is 27.6. The first-order valence-corrected chi connectivity index (χ1v) is 16.8. The van der Waals surface area contributed by atoms with Crippen LogP contribution in [0.2, 0.25) is 0 Å². The second-order valence-electron chi connectivity index (χ2n) is 13.3. The lowest BCUT2D eigenvalue weighted by Crippen LogP contribution is -2.51. The number of likely N-dealkylation sites (tertiary alicyclic amines) is 2. The van der Waals surface area contributed by atoms with Crippen molar-refractivity contribution < 1.29 is 14.6 Å². The Balaban J connectivity index is 1.06. The first-order chi connectivity index (χ1) is 23.8. The van der Waals surface area contributed by atoms with Crippen molar-refractivity contribution in [2.75, 3.05) is 38.0 Å². The molecule has 2 aliphatic rings. The first kappa shape index (κ1) is 31.3. The minimum Gasteiger partial charge on any atom is -0.436 e. The van der Waals surface area contributed by atoms with Gasteiger partial charge in [-0.05, 0) is 78.4 Å². The highest BCUT2D eigenvalue weighted by molar-refractivity contribution is 5.91. The standard InChI is InChI=1S/C38H39N7O4/c1-23-29(5-3-7-31(23)37-42-35-33(49-37)11-14-45(38(35)48)16-15-44-21-28(47)22-44)30-6-4-8-32(24(30)2)41-36-34-26(9-12-39-36)17-25(18-40-34)19-43-13-10-27(46)20-43/h3-9,11-12,14,17-18,27-28,46-47H,10,13,15-16,19-22H2,1-2H3,(H,39,41)/t27-/m1/s1. The average molecular weight is 658 g/mol. The molecule has 2 saturated heterocycles. The van der Waals surface area contributed by atoms with Gasteiger partial charge in [0, 0.05) is 81.0 Å². The van der Waals surface area contributed by atoms with E-state index in [2.05, 4.69) is 57.1 Å². The van der Waals surface area contributed by atoms with Gasteiger partial charge in [-0.1, -0.05) is 24.3 Å². The second-order valence-corrected chi connectivity index (χ2v) is 13.3. The number of aliphatic hydroxyl groups is 2. The van der Waals surface area contributed by atoms with Crippen molar-refractivity contribution >= 4 is 33.5 Å². The molecule has 49 heavy (non-hydrogen) atoms. The van der Waals surface area contributed by atoms with Gasteiger partial charge in [-0.2, -0.15) is 0 Å². The quantitative estimate of drug-likeness (QED) is 0.198. The molecule has 0 spiro atoms. The van der Waals surface area contributed by atoms with Crippen molar-refractivity contribution in [3.63, 3.8) is 0 Å². The molecule has 250 valence electrons. The Hall–Kier alpha value is -4.94. The summed E-state index contributed by atoms with van der Waals surface area (Å²) in [5, 5.41) is 24.0. The molecule has 6 aromatic rings. The van der Waals surface area contributed by atoms with Crippen molar-refractivity contribution in [3.05, 3.63) is 100 Å². The molecular weight excluding hydrogens is 618 g/mol. The average Bonchev–Trinajstić information content (AvgIpc) is 3.71. The molecule has 2 aromatic carbocycles. The molecule has 2 aliphatic heterocycles. The van der Waals surface area contributed by atoms with E-state index in [4.69, 9.17) is 9.40 Å². The van der Waals surface area contributed by atoms with E-state index < -0.39 is 0 Å². The number of pyridine rings is 3. The van der Waals surface area contributed by atoms with Crippen LogP contribution in [0.1, 0.15) is 23.1 Å². The molecule has 0 saturated carbocycles. The van der Waals surface area contributed by atoms with Crippen LogP contribution in [0, 0.1) is 13.8 Å². The molecule has 11 nitrogen and oxygen atoms in total. The fraction of sp³-hybridized carbons (Fsp3) is 0.316. The Morgan fingerprint density at radius 1 is 0.878 bits per heavy atom. The zero-order valence-corrected chi connectivity index (χ0v) is 27.6. The Bertz CT molecular complexity index is 2240. The summed E-state index contributed by atoms with van der Waals surface area (Å²) in [6.07, 6.45) is 5.75. The van der Waals surface area contributed by atoms with E-state index >= 15 is 0 Å². The normalized spacial score (nSPS) is 17.3. The number of nitrogens with zero attached hydrogens (tertiary/aromatic N) is 6. The molecule has 11 heteroatoms. The lowest BCUT2D eigenvalue weighted by atomic mass is 9.93. The Morgan fingerprint density at radius 2 is 1.65 bits per heavy atom. The number of aromatic nitrogens is 4. The van der Waals surface area contributed by atoms with Crippen LogP contribution in [-0.2, 0) is 13.1 Å². The number of aliphatic hydroxyl groups excluding tert-OH is 2. The van der Waals surface area contributed by atoms with Gasteiger partial charge < -0.3 is 24.5 Å². The van der Waals surface area contributed by atoms with Gasteiger partial charge >= 0.3 is 0 Å². The molecular formula is C38H39N7O4. The smallest absolute Gasteiger partial charge is 0.280 e. The van der Waals surface area contributed by atoms with Crippen LogP contribution >= 0.6 is 0 Å². The first-order valence-electron chi connectivity index (χ1n) is 16.8. The molecule has 0 bridgehead atoms. The molecule has 3 N–H and O–H groups in total. The zero-order chi connectivity index (χ0) is 33.6. The Morgan fingerprint density at radius 3 is 2.45 bits per heavy atom. The molecule has 0 aliphatic carbocycles. The van der Waals surface area contributed by atoms with Crippen LogP contribution in [0.5, 0.6) is 0 Å². The number of oxazole rings is 1. The lowest BCUT2D eigenvalue weighted by Gasteiger charge is -2.35. The van der Waals surface area contributed by atoms with E-state index in [0.29, 0.717) is 55.5 Å². The summed E-state index contributed by atoms with van der Waals surface area (Å²) >= 11 is 0. The van der Waals surface area contributed by atoms with Gasteiger partial charge in [0.25, 0.3) is 5.56 Å². The molecule has 4 aromatic heterocycles. The molecule has 8 rings (SSSR count). The fourth-order valence-corrected chi connectivity index (χ4v) is 7.07. The number of benzene rings is 2. The highest BCUT2D eigenvalue weighted by atomic mass is 16.3. The van der Waals surface area contributed by atoms with Gasteiger partial charge in [-0.15, -0.1) is 0 Å². The highest BCUT2D eigenvalue weighted by Gasteiger charge is 2.24. The predicted octanol–water partition coefficient (Wildman–Crippen LogP) is 4.87. The van der Waals surface area contributed by atoms with E-state index in [9.17, 15) is 15.0 Å². The molecule has 0 radical (unpaired) electrons. The van der Waals surface area contributed by atoms with Crippen LogP contribution in [0.3, 0.4) is 0 Å². The highest BCUT2D eigenvalue weighted by Crippen LogP contribution is 2.37. The van der Waals surface area contributed by atoms with Crippen molar-refractivity contribution in [3.8, 4) is 22.6 Å². The third kappa shape index (κ3) is 6.10. The van der Waals surface area contributed by atoms with Crippen LogP contribution in [0.15, 0.2) is 82.4 Å². The maximum atomic E-state index is 13.3. The number of rotatable bonds is 9. The van der Waals surface area contributed by atoms with Gasteiger partial charge in [-0.3, -0.25) is 19.6 Å². The van der Waals surface area contributed by atoms with Crippen LogP contribution in [0.25, 0.3) is 44.6 Å². The summed E-state index contributed by atoms with van der Waals surface area (Å²) < 4.78 is 7.81. The predicted molar refractivity (Wildman–Crippen MR) is 190 cm³/mol. The van der Waals surface area contributed by atoms with Gasteiger partial charge in [0.1, 0.15) is 5.52 Å². The summed E-state index contributed by atoms with van der Waals surface area (Å²) in [7, 11) is 0. The molecule has 0 unspecified atom stereocenters. The van der Waals surface area contributed by atoms with Crippen molar-refractivity contribution in [1.29, 1.82) is 0 Å². The number of anilines is 2. The third-order valence-electron chi connectivity index (χ3n) is 9.87. The van der Waals surface area contributed by atoms with Gasteiger partial charge in [0.15, 0.2) is 16.9 Å². The summed E-state index contributed by atoms with van der Waals surface area (Å²) in [6, 6.07) is 18.2. The van der Waals surface area contributed by atoms with Crippen LogP contribution < -0.4 is 10.9 Å². The van der Waals surface area contributed by atoms with Gasteiger partial charge in [0.05, 0.1) is 12.2 Å². The van der Waals surface area contributed by atoms with Gasteiger partial charge in [-0.25, -0.2) is 9.97 Å². The number of fused-ring (bicyclic) bond motifs is 2. The van der Waals surface area contributed by atoms with Crippen LogP contribution in [-0.4, -0.2) is 84.5 Å². The lowest BCUT2D eigenvalue weighted by molar-refractivity contribution is 0.000423. The number of hydrogen-bond donors (Lipinski definition) is 3. The monoisotopic (exact) mass is 657 g/mol. The summed E-state index contributed by atoms with van der Waals surface area (Å²) in [6.45, 7) is 9.00. The SMILES string of the molecule is Cc1c(Nc2nccc3cc(CN4CC[C@@H](O)C4)cnc23)cccc1-c1cccc(-c2nc3c(=O)n(CCN4CC(O)C4)ccc3o2)c1C. The topological polar surface area (TPSA) is 133 Å². The van der Waals surface area contributed by atoms with E-state index in [1.807, 2.05) is 36.5 Å². The number of β-amino-alcohol motifs (C(OH)–C–C–N with tert-alkyl or cyclic N) is 2. The van der Waals surface area contributed by atoms with E-state index in [1.165, 1.54) is 0 Å². The van der Waals surface area contributed by atoms with E-state index in [1.54, 1.807) is 23.0 Å². The van der Waals surface area contributed by atoms with Crippen LogP contribution in [0.4, 0.5) is 11.5 Å². The Kier molecular flexibility index (Phi) is 8.20. The minimum atomic E-state index is -0.270. The molecule has 6 heterocycles. The van der Waals surface area contributed by atoms with E-state index in [0.717, 1.165) is 69.5 Å². The maximum absolute atomic E-state index is 13.3. The molecule has 2 fully saturated rings.